The molecular formula is C15H20N2O4. The molecule has 0 bridgehead atoms. The summed E-state index contributed by atoms with van der Waals surface area (Å²) in [6.07, 6.45) is -0.0662. The van der Waals surface area contributed by atoms with Crippen molar-refractivity contribution < 1.29 is 19.4 Å². The first-order chi connectivity index (χ1) is 10.1. The fraction of sp³-hybridized carbons (Fsp3) is 0.467. The molecule has 0 spiro atoms. The predicted octanol–water partition coefficient (Wildman–Crippen LogP) is 1.11. The molecule has 1 fully saturated rings. The second-order valence-corrected chi connectivity index (χ2v) is 5.12. The second kappa shape index (κ2) is 7.19. The largest absolute Gasteiger partial charge is 0.480 e. The van der Waals surface area contributed by atoms with Crippen LogP contribution in [0.4, 0.5) is 5.69 Å². The van der Waals surface area contributed by atoms with Crippen LogP contribution in [0.3, 0.4) is 0 Å². The van der Waals surface area contributed by atoms with E-state index < -0.39 is 12.0 Å². The van der Waals surface area contributed by atoms with Crippen LogP contribution in [0.5, 0.6) is 0 Å². The number of rotatable bonds is 5. The lowest BCUT2D eigenvalue weighted by Gasteiger charge is -2.31. The van der Waals surface area contributed by atoms with Crippen molar-refractivity contribution >= 4 is 17.6 Å². The molecule has 21 heavy (non-hydrogen) atoms. The Morgan fingerprint density at radius 3 is 2.71 bits per heavy atom. The smallest absolute Gasteiger partial charge is 0.321 e. The van der Waals surface area contributed by atoms with Gasteiger partial charge in [0.1, 0.15) is 6.04 Å². The SMILES string of the molecule is Cc1cccc(NC(=O)C[C@H](C(=O)O)N2CCOCC2)c1. The third kappa shape index (κ3) is 4.54. The zero-order valence-corrected chi connectivity index (χ0v) is 12.0. The van der Waals surface area contributed by atoms with E-state index in [1.165, 1.54) is 0 Å². The molecule has 1 amide bonds. The van der Waals surface area contributed by atoms with Gasteiger partial charge >= 0.3 is 5.97 Å². The molecule has 114 valence electrons. The second-order valence-electron chi connectivity index (χ2n) is 5.12. The van der Waals surface area contributed by atoms with Crippen molar-refractivity contribution in [2.75, 3.05) is 31.6 Å². The van der Waals surface area contributed by atoms with Crippen LogP contribution in [-0.4, -0.2) is 54.2 Å². The van der Waals surface area contributed by atoms with Crippen LogP contribution in [0.15, 0.2) is 24.3 Å². The first kappa shape index (κ1) is 15.5. The third-order valence-corrected chi connectivity index (χ3v) is 3.45. The number of carbonyl (C=O) groups excluding carboxylic acids is 1. The van der Waals surface area contributed by atoms with E-state index in [9.17, 15) is 14.7 Å². The summed E-state index contributed by atoms with van der Waals surface area (Å²) in [6, 6.07) is 6.61. The Morgan fingerprint density at radius 2 is 2.10 bits per heavy atom. The Balaban J connectivity index is 1.96. The lowest BCUT2D eigenvalue weighted by atomic mass is 10.1. The molecule has 1 aromatic rings. The molecular weight excluding hydrogens is 272 g/mol. The highest BCUT2D eigenvalue weighted by Gasteiger charge is 2.29. The lowest BCUT2D eigenvalue weighted by Crippen LogP contribution is -2.48. The molecule has 6 heteroatoms. The standard InChI is InChI=1S/C15H20N2O4/c1-11-3-2-4-12(9-11)16-14(18)10-13(15(19)20)17-5-7-21-8-6-17/h2-4,9,13H,5-8,10H2,1H3,(H,16,18)(H,19,20)/t13-/m1/s1. The molecule has 0 aromatic heterocycles. The van der Waals surface area contributed by atoms with Gasteiger partial charge < -0.3 is 15.2 Å². The van der Waals surface area contributed by atoms with Gasteiger partial charge in [-0.15, -0.1) is 0 Å². The third-order valence-electron chi connectivity index (χ3n) is 3.45. The monoisotopic (exact) mass is 292 g/mol. The van der Waals surface area contributed by atoms with Gasteiger partial charge in [0, 0.05) is 18.8 Å². The van der Waals surface area contributed by atoms with Gasteiger partial charge in [0.15, 0.2) is 0 Å². The van der Waals surface area contributed by atoms with Crippen molar-refractivity contribution in [2.24, 2.45) is 0 Å². The summed E-state index contributed by atoms with van der Waals surface area (Å²) in [4.78, 5) is 25.2. The number of benzene rings is 1. The molecule has 1 heterocycles. The minimum absolute atomic E-state index is 0.0662. The molecule has 6 nitrogen and oxygen atoms in total. The maximum Gasteiger partial charge on any atom is 0.321 e. The lowest BCUT2D eigenvalue weighted by molar-refractivity contribution is -0.147. The highest BCUT2D eigenvalue weighted by atomic mass is 16.5. The molecule has 1 atom stereocenters. The summed E-state index contributed by atoms with van der Waals surface area (Å²) in [6.45, 7) is 4.01. The number of carboxylic acid groups (broad SMARTS) is 1. The first-order valence-electron chi connectivity index (χ1n) is 6.97. The first-order valence-corrected chi connectivity index (χ1v) is 6.97. The van der Waals surface area contributed by atoms with Gasteiger partial charge in [-0.3, -0.25) is 14.5 Å². The van der Waals surface area contributed by atoms with Gasteiger partial charge in [-0.25, -0.2) is 0 Å². The normalized spacial score (nSPS) is 17.2. The maximum absolute atomic E-state index is 12.0. The number of ether oxygens (including phenoxy) is 1. The average Bonchev–Trinajstić information content (AvgIpc) is 2.45. The van der Waals surface area contributed by atoms with Crippen LogP contribution in [-0.2, 0) is 14.3 Å². The quantitative estimate of drug-likeness (QED) is 0.850. The van der Waals surface area contributed by atoms with Crippen LogP contribution in [0.1, 0.15) is 12.0 Å². The summed E-state index contributed by atoms with van der Waals surface area (Å²) in [5, 5.41) is 12.1. The van der Waals surface area contributed by atoms with Gasteiger partial charge in [-0.05, 0) is 24.6 Å². The van der Waals surface area contributed by atoms with Crippen LogP contribution in [0, 0.1) is 6.92 Å². The fourth-order valence-electron chi connectivity index (χ4n) is 2.37. The minimum Gasteiger partial charge on any atom is -0.480 e. The molecule has 1 aromatic carbocycles. The number of nitrogens with zero attached hydrogens (tertiary/aromatic N) is 1. The van der Waals surface area contributed by atoms with Gasteiger partial charge in [0.25, 0.3) is 0 Å². The van der Waals surface area contributed by atoms with Gasteiger partial charge in [0.2, 0.25) is 5.91 Å². The zero-order chi connectivity index (χ0) is 15.2. The molecule has 0 radical (unpaired) electrons. The number of morpholine rings is 1. The van der Waals surface area contributed by atoms with E-state index in [-0.39, 0.29) is 12.3 Å². The maximum atomic E-state index is 12.0. The van der Waals surface area contributed by atoms with E-state index in [4.69, 9.17) is 4.74 Å². The van der Waals surface area contributed by atoms with Crippen LogP contribution in [0.2, 0.25) is 0 Å². The number of aliphatic carboxylic acids is 1. The zero-order valence-electron chi connectivity index (χ0n) is 12.0. The Hall–Kier alpha value is -1.92. The van der Waals surface area contributed by atoms with E-state index in [2.05, 4.69) is 5.32 Å². The molecule has 1 saturated heterocycles. The number of carbonyl (C=O) groups is 2. The van der Waals surface area contributed by atoms with E-state index in [1.807, 2.05) is 25.1 Å². The van der Waals surface area contributed by atoms with E-state index in [0.29, 0.717) is 32.0 Å². The summed E-state index contributed by atoms with van der Waals surface area (Å²) in [7, 11) is 0. The molecule has 1 aliphatic rings. The molecule has 0 saturated carbocycles. The molecule has 0 aliphatic carbocycles. The molecule has 0 unspecified atom stereocenters. The average molecular weight is 292 g/mol. The number of hydrogen-bond acceptors (Lipinski definition) is 4. The summed E-state index contributed by atoms with van der Waals surface area (Å²) < 4.78 is 5.21. The van der Waals surface area contributed by atoms with Crippen molar-refractivity contribution in [3.8, 4) is 0 Å². The predicted molar refractivity (Wildman–Crippen MR) is 78.2 cm³/mol. The van der Waals surface area contributed by atoms with Crippen molar-refractivity contribution in [1.29, 1.82) is 0 Å². The topological polar surface area (TPSA) is 78.9 Å². The van der Waals surface area contributed by atoms with E-state index in [0.717, 1.165) is 5.56 Å². The minimum atomic E-state index is -0.976. The summed E-state index contributed by atoms with van der Waals surface area (Å²) >= 11 is 0. The van der Waals surface area contributed by atoms with Gasteiger partial charge in [-0.2, -0.15) is 0 Å². The number of aryl methyl sites for hydroxylation is 1. The van der Waals surface area contributed by atoms with Crippen molar-refractivity contribution in [3.05, 3.63) is 29.8 Å². The van der Waals surface area contributed by atoms with Crippen LogP contribution in [0.25, 0.3) is 0 Å². The van der Waals surface area contributed by atoms with Crippen LogP contribution >= 0.6 is 0 Å². The van der Waals surface area contributed by atoms with Crippen molar-refractivity contribution in [3.63, 3.8) is 0 Å². The van der Waals surface area contributed by atoms with Crippen molar-refractivity contribution in [2.45, 2.75) is 19.4 Å². The van der Waals surface area contributed by atoms with E-state index in [1.54, 1.807) is 11.0 Å². The number of anilines is 1. The van der Waals surface area contributed by atoms with E-state index >= 15 is 0 Å². The number of hydrogen-bond donors (Lipinski definition) is 2. The Morgan fingerprint density at radius 1 is 1.38 bits per heavy atom. The Bertz CT molecular complexity index is 512. The molecule has 2 rings (SSSR count). The fourth-order valence-corrected chi connectivity index (χ4v) is 2.37. The summed E-state index contributed by atoms with van der Waals surface area (Å²) in [5.41, 5.74) is 1.72. The number of carboxylic acids is 1. The highest BCUT2D eigenvalue weighted by molar-refractivity contribution is 5.94. The van der Waals surface area contributed by atoms with Gasteiger partial charge in [0.05, 0.1) is 19.6 Å². The van der Waals surface area contributed by atoms with Crippen LogP contribution < -0.4 is 5.32 Å². The highest BCUT2D eigenvalue weighted by Crippen LogP contribution is 2.13. The number of amides is 1. The summed E-state index contributed by atoms with van der Waals surface area (Å²) in [5.74, 6) is -1.27. The molecule has 2 N–H and O–H groups in total. The Kier molecular flexibility index (Phi) is 5.30. The Labute approximate surface area is 123 Å². The number of nitrogens with one attached hydrogen (secondary N) is 1. The molecule has 1 aliphatic heterocycles. The van der Waals surface area contributed by atoms with Crippen molar-refractivity contribution in [1.82, 2.24) is 4.90 Å². The van der Waals surface area contributed by atoms with Gasteiger partial charge in [-0.1, -0.05) is 12.1 Å².